The van der Waals surface area contributed by atoms with E-state index < -0.39 is 9.84 Å². The molecule has 3 atom stereocenters. The molecule has 3 unspecified atom stereocenters. The molecule has 2 rings (SSSR count). The molecule has 1 saturated carbocycles. The van der Waals surface area contributed by atoms with Crippen LogP contribution in [0, 0.1) is 0 Å². The molecule has 1 aromatic carbocycles. The molecule has 0 aliphatic heterocycles. The summed E-state index contributed by atoms with van der Waals surface area (Å²) >= 11 is 0. The van der Waals surface area contributed by atoms with Gasteiger partial charge in [-0.3, -0.25) is 0 Å². The van der Waals surface area contributed by atoms with Gasteiger partial charge in [0.05, 0.1) is 22.7 Å². The van der Waals surface area contributed by atoms with Crippen molar-refractivity contribution in [3.05, 3.63) is 24.3 Å². The third-order valence-electron chi connectivity index (χ3n) is 3.53. The lowest BCUT2D eigenvalue weighted by Gasteiger charge is -2.44. The number of benzene rings is 1. The second-order valence-corrected chi connectivity index (χ2v) is 6.93. The van der Waals surface area contributed by atoms with Crippen molar-refractivity contribution in [1.29, 1.82) is 0 Å². The first-order valence-corrected chi connectivity index (χ1v) is 8.56. The first-order chi connectivity index (χ1) is 9.47. The number of nitrogens with one attached hydrogen (secondary N) is 1. The minimum Gasteiger partial charge on any atom is -0.378 e. The highest BCUT2D eigenvalue weighted by Gasteiger charge is 2.42. The van der Waals surface area contributed by atoms with E-state index in [2.05, 4.69) is 5.32 Å². The minimum atomic E-state index is -3.25. The molecule has 1 aromatic rings. The van der Waals surface area contributed by atoms with Crippen LogP contribution in [0.5, 0.6) is 0 Å². The summed E-state index contributed by atoms with van der Waals surface area (Å²) in [4.78, 5) is 0.315. The number of para-hydroxylation sites is 1. The van der Waals surface area contributed by atoms with Gasteiger partial charge in [0.25, 0.3) is 0 Å². The van der Waals surface area contributed by atoms with Crippen LogP contribution in [0.1, 0.15) is 13.3 Å². The van der Waals surface area contributed by atoms with Gasteiger partial charge in [0.15, 0.2) is 9.84 Å². The lowest BCUT2D eigenvalue weighted by atomic mass is 9.85. The minimum absolute atomic E-state index is 0.0532. The van der Waals surface area contributed by atoms with Crippen LogP contribution in [-0.2, 0) is 19.3 Å². The predicted octanol–water partition coefficient (Wildman–Crippen LogP) is 1.69. The fraction of sp³-hybridized carbons (Fsp3) is 0.571. The molecule has 0 aromatic heterocycles. The van der Waals surface area contributed by atoms with Crippen LogP contribution in [0.25, 0.3) is 0 Å². The summed E-state index contributed by atoms with van der Waals surface area (Å²) in [5, 5.41) is 3.26. The standard InChI is InChI=1S/C14H21NO4S/c1-4-19-12-9-11(14(12)18-2)15-10-7-5-6-8-13(10)20(3,16)17/h5-8,11-12,14-15H,4,9H2,1-3H3. The van der Waals surface area contributed by atoms with Crippen LogP contribution in [0.15, 0.2) is 29.2 Å². The maximum Gasteiger partial charge on any atom is 0.177 e. The number of rotatable bonds is 6. The number of sulfone groups is 1. The molecule has 5 nitrogen and oxygen atoms in total. The molecular formula is C14H21NO4S. The third-order valence-corrected chi connectivity index (χ3v) is 4.68. The van der Waals surface area contributed by atoms with Crippen molar-refractivity contribution in [2.45, 2.75) is 36.5 Å². The van der Waals surface area contributed by atoms with E-state index in [1.54, 1.807) is 25.3 Å². The molecule has 1 fully saturated rings. The molecule has 0 saturated heterocycles. The Balaban J connectivity index is 2.12. The van der Waals surface area contributed by atoms with Gasteiger partial charge in [0, 0.05) is 20.0 Å². The van der Waals surface area contributed by atoms with Crippen LogP contribution < -0.4 is 5.32 Å². The fourth-order valence-corrected chi connectivity index (χ4v) is 3.38. The predicted molar refractivity (Wildman–Crippen MR) is 77.8 cm³/mol. The highest BCUT2D eigenvalue weighted by molar-refractivity contribution is 7.90. The number of ether oxygens (including phenoxy) is 2. The van der Waals surface area contributed by atoms with Gasteiger partial charge >= 0.3 is 0 Å². The fourth-order valence-electron chi connectivity index (χ4n) is 2.52. The number of hydrogen-bond acceptors (Lipinski definition) is 5. The molecule has 112 valence electrons. The average molecular weight is 299 g/mol. The van der Waals surface area contributed by atoms with Crippen molar-refractivity contribution >= 4 is 15.5 Å². The molecule has 6 heteroatoms. The smallest absolute Gasteiger partial charge is 0.177 e. The lowest BCUT2D eigenvalue weighted by molar-refractivity contribution is -0.118. The molecular weight excluding hydrogens is 278 g/mol. The van der Waals surface area contributed by atoms with E-state index in [4.69, 9.17) is 9.47 Å². The van der Waals surface area contributed by atoms with E-state index in [-0.39, 0.29) is 18.2 Å². The summed E-state index contributed by atoms with van der Waals surface area (Å²) in [5.74, 6) is 0. The maximum atomic E-state index is 11.8. The Kier molecular flexibility index (Phi) is 4.67. The number of methoxy groups -OCH3 is 1. The van der Waals surface area contributed by atoms with E-state index in [0.717, 1.165) is 6.42 Å². The summed E-state index contributed by atoms with van der Waals surface area (Å²) in [6, 6.07) is 6.99. The summed E-state index contributed by atoms with van der Waals surface area (Å²) in [5.41, 5.74) is 0.622. The van der Waals surface area contributed by atoms with Crippen LogP contribution >= 0.6 is 0 Å². The zero-order chi connectivity index (χ0) is 14.8. The molecule has 0 heterocycles. The Hall–Kier alpha value is -1.11. The van der Waals surface area contributed by atoms with E-state index in [0.29, 0.717) is 17.2 Å². The van der Waals surface area contributed by atoms with Crippen molar-refractivity contribution < 1.29 is 17.9 Å². The lowest BCUT2D eigenvalue weighted by Crippen LogP contribution is -2.56. The van der Waals surface area contributed by atoms with Gasteiger partial charge in [-0.1, -0.05) is 12.1 Å². The zero-order valence-electron chi connectivity index (χ0n) is 12.0. The molecule has 0 bridgehead atoms. The van der Waals surface area contributed by atoms with Crippen LogP contribution in [0.3, 0.4) is 0 Å². The first kappa shape index (κ1) is 15.3. The quantitative estimate of drug-likeness (QED) is 0.866. The van der Waals surface area contributed by atoms with E-state index in [1.165, 1.54) is 6.26 Å². The van der Waals surface area contributed by atoms with Crippen molar-refractivity contribution in [2.75, 3.05) is 25.3 Å². The summed E-state index contributed by atoms with van der Waals surface area (Å²) in [7, 11) is -1.60. The first-order valence-electron chi connectivity index (χ1n) is 6.67. The Morgan fingerprint density at radius 3 is 2.65 bits per heavy atom. The maximum absolute atomic E-state index is 11.8. The number of anilines is 1. The largest absolute Gasteiger partial charge is 0.378 e. The third kappa shape index (κ3) is 3.13. The molecule has 1 N–H and O–H groups in total. The van der Waals surface area contributed by atoms with E-state index >= 15 is 0 Å². The summed E-state index contributed by atoms with van der Waals surface area (Å²) < 4.78 is 34.5. The van der Waals surface area contributed by atoms with Gasteiger partial charge in [0.1, 0.15) is 6.10 Å². The molecule has 20 heavy (non-hydrogen) atoms. The second-order valence-electron chi connectivity index (χ2n) is 4.95. The molecule has 0 spiro atoms. The van der Waals surface area contributed by atoms with Gasteiger partial charge in [-0.05, 0) is 25.5 Å². The van der Waals surface area contributed by atoms with Gasteiger partial charge in [-0.15, -0.1) is 0 Å². The molecule has 1 aliphatic carbocycles. The monoisotopic (exact) mass is 299 g/mol. The molecule has 0 amide bonds. The average Bonchev–Trinajstić information content (AvgIpc) is 2.37. The van der Waals surface area contributed by atoms with Crippen LogP contribution in [0.4, 0.5) is 5.69 Å². The van der Waals surface area contributed by atoms with Gasteiger partial charge in [-0.25, -0.2) is 8.42 Å². The topological polar surface area (TPSA) is 64.6 Å². The van der Waals surface area contributed by atoms with Gasteiger partial charge in [-0.2, -0.15) is 0 Å². The molecule has 0 radical (unpaired) electrons. The van der Waals surface area contributed by atoms with E-state index in [1.807, 2.05) is 13.0 Å². The van der Waals surface area contributed by atoms with Crippen molar-refractivity contribution in [2.24, 2.45) is 0 Å². The second kappa shape index (κ2) is 6.11. The normalized spacial score (nSPS) is 26.1. The Labute approximate surface area is 120 Å². The zero-order valence-corrected chi connectivity index (χ0v) is 12.8. The van der Waals surface area contributed by atoms with Crippen LogP contribution in [-0.4, -0.2) is 46.6 Å². The van der Waals surface area contributed by atoms with Gasteiger partial charge < -0.3 is 14.8 Å². The Morgan fingerprint density at radius 1 is 1.35 bits per heavy atom. The van der Waals surface area contributed by atoms with Crippen molar-refractivity contribution in [3.8, 4) is 0 Å². The number of hydrogen-bond donors (Lipinski definition) is 1. The van der Waals surface area contributed by atoms with E-state index in [9.17, 15) is 8.42 Å². The van der Waals surface area contributed by atoms with Crippen molar-refractivity contribution in [3.63, 3.8) is 0 Å². The Morgan fingerprint density at radius 2 is 2.05 bits per heavy atom. The van der Waals surface area contributed by atoms with Crippen molar-refractivity contribution in [1.82, 2.24) is 0 Å². The van der Waals surface area contributed by atoms with Crippen LogP contribution in [0.2, 0.25) is 0 Å². The van der Waals surface area contributed by atoms with Gasteiger partial charge in [0.2, 0.25) is 0 Å². The molecule has 1 aliphatic rings. The summed E-state index contributed by atoms with van der Waals surface area (Å²) in [6.45, 7) is 2.60. The highest BCUT2D eigenvalue weighted by Crippen LogP contribution is 2.31. The Bertz CT molecular complexity index is 558. The highest BCUT2D eigenvalue weighted by atomic mass is 32.2. The SMILES string of the molecule is CCOC1CC(Nc2ccccc2S(C)(=O)=O)C1OC. The summed E-state index contributed by atoms with van der Waals surface area (Å²) in [6.07, 6.45) is 2.05.